The van der Waals surface area contributed by atoms with E-state index in [1.165, 1.54) is 6.20 Å². The van der Waals surface area contributed by atoms with Gasteiger partial charge in [-0.1, -0.05) is 0 Å². The second kappa shape index (κ2) is 6.53. The molecular formula is C14H18FN5OS. The predicted octanol–water partition coefficient (Wildman–Crippen LogP) is 1.52. The summed E-state index contributed by atoms with van der Waals surface area (Å²) >= 11 is 1.56. The van der Waals surface area contributed by atoms with Crippen LogP contribution in [0.5, 0.6) is 0 Å². The second-order valence-electron chi connectivity index (χ2n) is 5.43. The largest absolute Gasteiger partial charge is 0.349 e. The summed E-state index contributed by atoms with van der Waals surface area (Å²) in [6.07, 6.45) is 2.84. The van der Waals surface area contributed by atoms with Crippen LogP contribution >= 0.6 is 11.3 Å². The Morgan fingerprint density at radius 2 is 2.45 bits per heavy atom. The molecule has 1 aliphatic rings. The van der Waals surface area contributed by atoms with Crippen molar-refractivity contribution in [3.8, 4) is 0 Å². The van der Waals surface area contributed by atoms with Gasteiger partial charge in [-0.2, -0.15) is 0 Å². The Labute approximate surface area is 131 Å². The summed E-state index contributed by atoms with van der Waals surface area (Å²) in [5, 5.41) is 5.73. The SMILES string of the molecule is Cc1ncc(C(=O)NC[C@@H]2C[C@H](F)CN2Cc2nccs2)[nH]1. The summed E-state index contributed by atoms with van der Waals surface area (Å²) in [5.41, 5.74) is 0.429. The number of nitrogens with zero attached hydrogens (tertiary/aromatic N) is 3. The number of imidazole rings is 1. The topological polar surface area (TPSA) is 73.9 Å². The molecule has 0 aliphatic carbocycles. The van der Waals surface area contributed by atoms with Gasteiger partial charge in [0, 0.05) is 30.7 Å². The third kappa shape index (κ3) is 3.50. The third-order valence-corrected chi connectivity index (χ3v) is 4.51. The fourth-order valence-corrected chi connectivity index (χ4v) is 3.32. The van der Waals surface area contributed by atoms with E-state index in [9.17, 15) is 9.18 Å². The van der Waals surface area contributed by atoms with Crippen molar-refractivity contribution in [3.63, 3.8) is 0 Å². The summed E-state index contributed by atoms with van der Waals surface area (Å²) in [4.78, 5) is 25.2. The van der Waals surface area contributed by atoms with Crippen LogP contribution in [-0.2, 0) is 6.54 Å². The van der Waals surface area contributed by atoms with Gasteiger partial charge in [0.25, 0.3) is 5.91 Å². The van der Waals surface area contributed by atoms with Crippen molar-refractivity contribution >= 4 is 17.2 Å². The first-order chi connectivity index (χ1) is 10.6. The Kier molecular flexibility index (Phi) is 4.49. The molecule has 1 fully saturated rings. The van der Waals surface area contributed by atoms with Gasteiger partial charge >= 0.3 is 0 Å². The molecule has 3 rings (SSSR count). The number of carbonyl (C=O) groups is 1. The zero-order valence-electron chi connectivity index (χ0n) is 12.3. The Morgan fingerprint density at radius 1 is 1.59 bits per heavy atom. The standard InChI is InChI=1S/C14H18FN5OS/c1-9-17-6-12(19-9)14(21)18-5-11-4-10(15)7-20(11)8-13-16-2-3-22-13/h2-3,6,10-11H,4-5,7-8H2,1H3,(H,17,19)(H,18,21)/t10-,11-/m0/s1. The molecule has 0 saturated carbocycles. The van der Waals surface area contributed by atoms with Crippen molar-refractivity contribution in [3.05, 3.63) is 34.3 Å². The number of amides is 1. The van der Waals surface area contributed by atoms with Gasteiger partial charge in [0.15, 0.2) is 0 Å². The highest BCUT2D eigenvalue weighted by Crippen LogP contribution is 2.23. The van der Waals surface area contributed by atoms with Gasteiger partial charge in [0.05, 0.1) is 12.7 Å². The van der Waals surface area contributed by atoms with Crippen molar-refractivity contribution in [1.29, 1.82) is 0 Å². The highest BCUT2D eigenvalue weighted by molar-refractivity contribution is 7.09. The molecule has 3 heterocycles. The minimum Gasteiger partial charge on any atom is -0.349 e. The number of H-pyrrole nitrogens is 1. The minimum absolute atomic E-state index is 0.00753. The Bertz CT molecular complexity index is 629. The van der Waals surface area contributed by atoms with E-state index in [-0.39, 0.29) is 11.9 Å². The van der Waals surface area contributed by atoms with Crippen molar-refractivity contribution in [2.45, 2.75) is 32.1 Å². The molecule has 22 heavy (non-hydrogen) atoms. The van der Waals surface area contributed by atoms with Gasteiger partial charge in [-0.3, -0.25) is 9.69 Å². The number of likely N-dealkylation sites (tertiary alicyclic amines) is 1. The molecule has 8 heteroatoms. The molecular weight excluding hydrogens is 305 g/mol. The van der Waals surface area contributed by atoms with E-state index < -0.39 is 6.17 Å². The van der Waals surface area contributed by atoms with Crippen LogP contribution in [0, 0.1) is 6.92 Å². The summed E-state index contributed by atoms with van der Waals surface area (Å²) in [6, 6.07) is -0.00753. The van der Waals surface area contributed by atoms with Crippen LogP contribution in [0.4, 0.5) is 4.39 Å². The number of aromatic amines is 1. The van der Waals surface area contributed by atoms with Gasteiger partial charge < -0.3 is 10.3 Å². The molecule has 1 saturated heterocycles. The molecule has 6 nitrogen and oxygen atoms in total. The third-order valence-electron chi connectivity index (χ3n) is 3.74. The fourth-order valence-electron chi connectivity index (χ4n) is 2.68. The van der Waals surface area contributed by atoms with E-state index in [2.05, 4.69) is 20.3 Å². The van der Waals surface area contributed by atoms with Gasteiger partial charge in [-0.15, -0.1) is 11.3 Å². The van der Waals surface area contributed by atoms with Gasteiger partial charge in [-0.05, 0) is 13.3 Å². The molecule has 0 radical (unpaired) electrons. The number of aromatic nitrogens is 3. The Morgan fingerprint density at radius 3 is 3.14 bits per heavy atom. The van der Waals surface area contributed by atoms with Crippen LogP contribution in [0.25, 0.3) is 0 Å². The molecule has 1 amide bonds. The van der Waals surface area contributed by atoms with Crippen molar-refractivity contribution in [2.75, 3.05) is 13.1 Å². The van der Waals surface area contributed by atoms with E-state index in [1.807, 2.05) is 10.3 Å². The first-order valence-electron chi connectivity index (χ1n) is 7.18. The summed E-state index contributed by atoms with van der Waals surface area (Å²) in [6.45, 7) is 3.23. The molecule has 0 bridgehead atoms. The van der Waals surface area contributed by atoms with E-state index in [4.69, 9.17) is 0 Å². The van der Waals surface area contributed by atoms with E-state index >= 15 is 0 Å². The number of hydrogen-bond acceptors (Lipinski definition) is 5. The minimum atomic E-state index is -0.851. The average Bonchev–Trinajstić information content (AvgIpc) is 3.19. The first-order valence-corrected chi connectivity index (χ1v) is 8.06. The van der Waals surface area contributed by atoms with Crippen LogP contribution in [0.3, 0.4) is 0 Å². The number of nitrogens with one attached hydrogen (secondary N) is 2. The number of hydrogen-bond donors (Lipinski definition) is 2. The molecule has 2 aromatic heterocycles. The van der Waals surface area contributed by atoms with Gasteiger partial charge in [-0.25, -0.2) is 14.4 Å². The van der Waals surface area contributed by atoms with E-state index in [1.54, 1.807) is 24.5 Å². The molecule has 2 atom stereocenters. The van der Waals surface area contributed by atoms with Crippen LogP contribution in [0.1, 0.15) is 27.7 Å². The number of halogens is 1. The molecule has 2 aromatic rings. The first kappa shape index (κ1) is 15.1. The number of carbonyl (C=O) groups excluding carboxylic acids is 1. The Balaban J connectivity index is 1.56. The smallest absolute Gasteiger partial charge is 0.269 e. The van der Waals surface area contributed by atoms with Crippen LogP contribution in [-0.4, -0.2) is 51.1 Å². The lowest BCUT2D eigenvalue weighted by atomic mass is 10.2. The zero-order chi connectivity index (χ0) is 15.5. The van der Waals surface area contributed by atoms with Crippen molar-refractivity contribution in [1.82, 2.24) is 25.2 Å². The zero-order valence-corrected chi connectivity index (χ0v) is 13.1. The molecule has 2 N–H and O–H groups in total. The van der Waals surface area contributed by atoms with Crippen molar-refractivity contribution in [2.24, 2.45) is 0 Å². The van der Waals surface area contributed by atoms with Gasteiger partial charge in [0.2, 0.25) is 0 Å². The number of alkyl halides is 1. The summed E-state index contributed by atoms with van der Waals surface area (Å²) in [5.74, 6) is 0.484. The van der Waals surface area contributed by atoms with Crippen LogP contribution in [0.15, 0.2) is 17.8 Å². The van der Waals surface area contributed by atoms with Crippen LogP contribution in [0.2, 0.25) is 0 Å². The predicted molar refractivity (Wildman–Crippen MR) is 81.5 cm³/mol. The fraction of sp³-hybridized carbons (Fsp3) is 0.500. The highest BCUT2D eigenvalue weighted by Gasteiger charge is 2.32. The maximum Gasteiger partial charge on any atom is 0.269 e. The van der Waals surface area contributed by atoms with Gasteiger partial charge in [0.1, 0.15) is 22.7 Å². The molecule has 118 valence electrons. The maximum atomic E-state index is 13.7. The Hall–Kier alpha value is -1.80. The van der Waals surface area contributed by atoms with E-state index in [0.29, 0.717) is 37.6 Å². The lowest BCUT2D eigenvalue weighted by Crippen LogP contribution is -2.39. The molecule has 1 aliphatic heterocycles. The average molecular weight is 323 g/mol. The maximum absolute atomic E-state index is 13.7. The number of aryl methyl sites for hydroxylation is 1. The second-order valence-corrected chi connectivity index (χ2v) is 6.41. The monoisotopic (exact) mass is 323 g/mol. The number of thiazole rings is 1. The quantitative estimate of drug-likeness (QED) is 0.875. The highest BCUT2D eigenvalue weighted by atomic mass is 32.1. The molecule has 0 aromatic carbocycles. The molecule has 0 spiro atoms. The lowest BCUT2D eigenvalue weighted by Gasteiger charge is -2.23. The normalized spacial score (nSPS) is 22.1. The van der Waals surface area contributed by atoms with E-state index in [0.717, 1.165) is 5.01 Å². The molecule has 0 unspecified atom stereocenters. The van der Waals surface area contributed by atoms with Crippen LogP contribution < -0.4 is 5.32 Å². The summed E-state index contributed by atoms with van der Waals surface area (Å²) in [7, 11) is 0. The lowest BCUT2D eigenvalue weighted by molar-refractivity contribution is 0.0935. The van der Waals surface area contributed by atoms with Crippen molar-refractivity contribution < 1.29 is 9.18 Å². The number of rotatable bonds is 5. The summed E-state index contributed by atoms with van der Waals surface area (Å²) < 4.78 is 13.7.